The Morgan fingerprint density at radius 3 is 2.50 bits per heavy atom. The van der Waals surface area contributed by atoms with Crippen LogP contribution in [0.15, 0.2) is 53.4 Å². The maximum Gasteiger partial charge on any atom is 0.243 e. The van der Waals surface area contributed by atoms with Crippen molar-refractivity contribution in [2.45, 2.75) is 4.90 Å². The molecule has 0 bridgehead atoms. The number of benzene rings is 2. The summed E-state index contributed by atoms with van der Waals surface area (Å²) in [6, 6.07) is 12.3. The number of likely N-dealkylation sites (N-methyl/N-ethyl adjacent to an activating group) is 1. The van der Waals surface area contributed by atoms with E-state index in [9.17, 15) is 17.6 Å². The van der Waals surface area contributed by atoms with Crippen molar-refractivity contribution >= 4 is 27.3 Å². The first kappa shape index (κ1) is 20.2. The Morgan fingerprint density at radius 1 is 1.18 bits per heavy atom. The third-order valence-electron chi connectivity index (χ3n) is 4.40. The average Bonchev–Trinajstić information content (AvgIpc) is 2.69. The molecular formula is C19H22FN3O4S. The van der Waals surface area contributed by atoms with Gasteiger partial charge in [0.1, 0.15) is 5.82 Å². The molecule has 0 atom stereocenters. The van der Waals surface area contributed by atoms with Crippen LogP contribution in [0.3, 0.4) is 0 Å². The lowest BCUT2D eigenvalue weighted by Gasteiger charge is -2.29. The number of halogens is 1. The molecule has 2 aromatic rings. The SMILES string of the molecule is CN(CC(=O)Nc1ccc(N2CCOCC2)c(F)c1)S(=O)(=O)c1ccccc1. The van der Waals surface area contributed by atoms with Crippen molar-refractivity contribution < 1.29 is 22.3 Å². The molecule has 150 valence electrons. The van der Waals surface area contributed by atoms with E-state index in [1.807, 2.05) is 4.90 Å². The van der Waals surface area contributed by atoms with Gasteiger partial charge >= 0.3 is 0 Å². The van der Waals surface area contributed by atoms with E-state index in [-0.39, 0.29) is 17.1 Å². The van der Waals surface area contributed by atoms with Crippen LogP contribution in [0.4, 0.5) is 15.8 Å². The zero-order valence-electron chi connectivity index (χ0n) is 15.5. The third-order valence-corrected chi connectivity index (χ3v) is 6.22. The molecule has 3 rings (SSSR count). The van der Waals surface area contributed by atoms with Crippen LogP contribution in [0.1, 0.15) is 0 Å². The summed E-state index contributed by atoms with van der Waals surface area (Å²) in [6.07, 6.45) is 0. The van der Waals surface area contributed by atoms with Gasteiger partial charge in [-0.3, -0.25) is 4.79 Å². The van der Waals surface area contributed by atoms with Crippen molar-refractivity contribution in [1.82, 2.24) is 4.31 Å². The normalized spacial score (nSPS) is 14.9. The van der Waals surface area contributed by atoms with Gasteiger partial charge in [-0.25, -0.2) is 12.8 Å². The van der Waals surface area contributed by atoms with E-state index in [1.54, 1.807) is 30.3 Å². The number of nitrogens with one attached hydrogen (secondary N) is 1. The highest BCUT2D eigenvalue weighted by atomic mass is 32.2. The van der Waals surface area contributed by atoms with Crippen molar-refractivity contribution in [2.75, 3.05) is 50.1 Å². The number of ether oxygens (including phenoxy) is 1. The fourth-order valence-corrected chi connectivity index (χ4v) is 4.05. The summed E-state index contributed by atoms with van der Waals surface area (Å²) in [7, 11) is -2.45. The lowest BCUT2D eigenvalue weighted by atomic mass is 10.2. The summed E-state index contributed by atoms with van der Waals surface area (Å²) in [5, 5.41) is 2.54. The Balaban J connectivity index is 1.64. The Labute approximate surface area is 163 Å². The van der Waals surface area contributed by atoms with Gasteiger partial charge in [0.05, 0.1) is 30.3 Å². The molecule has 0 aliphatic carbocycles. The average molecular weight is 407 g/mol. The highest BCUT2D eigenvalue weighted by Crippen LogP contribution is 2.24. The largest absolute Gasteiger partial charge is 0.378 e. The van der Waals surface area contributed by atoms with E-state index >= 15 is 0 Å². The van der Waals surface area contributed by atoms with Crippen molar-refractivity contribution in [1.29, 1.82) is 0 Å². The second-order valence-corrected chi connectivity index (χ2v) is 8.43. The molecule has 1 aliphatic heterocycles. The number of carbonyl (C=O) groups excluding carboxylic acids is 1. The summed E-state index contributed by atoms with van der Waals surface area (Å²) in [4.78, 5) is 14.2. The third kappa shape index (κ3) is 4.67. The number of rotatable bonds is 6. The number of amides is 1. The van der Waals surface area contributed by atoms with Crippen LogP contribution in [-0.2, 0) is 19.6 Å². The summed E-state index contributed by atoms with van der Waals surface area (Å²) in [6.45, 7) is 1.90. The van der Waals surface area contributed by atoms with Crippen LogP contribution >= 0.6 is 0 Å². The van der Waals surface area contributed by atoms with Crippen LogP contribution in [0.2, 0.25) is 0 Å². The zero-order chi connectivity index (χ0) is 20.1. The molecule has 1 fully saturated rings. The molecular weight excluding hydrogens is 385 g/mol. The van der Waals surface area contributed by atoms with Crippen molar-refractivity contribution in [3.8, 4) is 0 Å². The van der Waals surface area contributed by atoms with Crippen molar-refractivity contribution in [3.05, 3.63) is 54.3 Å². The maximum atomic E-state index is 14.4. The molecule has 1 aliphatic rings. The first-order chi connectivity index (χ1) is 13.4. The number of carbonyl (C=O) groups is 1. The quantitative estimate of drug-likeness (QED) is 0.792. The van der Waals surface area contributed by atoms with Gasteiger partial charge in [-0.15, -0.1) is 0 Å². The van der Waals surface area contributed by atoms with Gasteiger partial charge in [-0.1, -0.05) is 18.2 Å². The molecule has 0 saturated carbocycles. The summed E-state index contributed by atoms with van der Waals surface area (Å²) < 4.78 is 45.6. The first-order valence-electron chi connectivity index (χ1n) is 8.81. The summed E-state index contributed by atoms with van der Waals surface area (Å²) in [5.74, 6) is -1.01. The second kappa shape index (κ2) is 8.68. The Morgan fingerprint density at radius 2 is 1.86 bits per heavy atom. The van der Waals surface area contributed by atoms with E-state index < -0.39 is 21.7 Å². The zero-order valence-corrected chi connectivity index (χ0v) is 16.3. The van der Waals surface area contributed by atoms with Gasteiger partial charge in [0.25, 0.3) is 0 Å². The molecule has 9 heteroatoms. The van der Waals surface area contributed by atoms with Crippen molar-refractivity contribution in [2.24, 2.45) is 0 Å². The lowest BCUT2D eigenvalue weighted by Crippen LogP contribution is -2.36. The smallest absolute Gasteiger partial charge is 0.243 e. The van der Waals surface area contributed by atoms with E-state index in [2.05, 4.69) is 5.32 Å². The molecule has 1 N–H and O–H groups in total. The monoisotopic (exact) mass is 407 g/mol. The Hall–Kier alpha value is -2.49. The molecule has 1 amide bonds. The predicted molar refractivity (Wildman–Crippen MR) is 104 cm³/mol. The summed E-state index contributed by atoms with van der Waals surface area (Å²) in [5.41, 5.74) is 0.718. The molecule has 28 heavy (non-hydrogen) atoms. The van der Waals surface area contributed by atoms with E-state index in [0.29, 0.717) is 32.0 Å². The lowest BCUT2D eigenvalue weighted by molar-refractivity contribution is -0.116. The molecule has 1 saturated heterocycles. The molecule has 0 radical (unpaired) electrons. The summed E-state index contributed by atoms with van der Waals surface area (Å²) >= 11 is 0. The van der Waals surface area contributed by atoms with Gasteiger partial charge in [0.2, 0.25) is 15.9 Å². The van der Waals surface area contributed by atoms with E-state index in [4.69, 9.17) is 4.74 Å². The van der Waals surface area contributed by atoms with E-state index in [1.165, 1.54) is 25.2 Å². The molecule has 0 aromatic heterocycles. The van der Waals surface area contributed by atoms with Crippen LogP contribution in [0, 0.1) is 5.82 Å². The number of anilines is 2. The van der Waals surface area contributed by atoms with Gasteiger partial charge in [0, 0.05) is 25.8 Å². The Bertz CT molecular complexity index is 931. The fraction of sp³-hybridized carbons (Fsp3) is 0.316. The number of nitrogens with zero attached hydrogens (tertiary/aromatic N) is 2. The minimum Gasteiger partial charge on any atom is -0.378 e. The fourth-order valence-electron chi connectivity index (χ4n) is 2.91. The first-order valence-corrected chi connectivity index (χ1v) is 10.3. The van der Waals surface area contributed by atoms with Gasteiger partial charge in [-0.2, -0.15) is 4.31 Å². The van der Waals surface area contributed by atoms with Crippen molar-refractivity contribution in [3.63, 3.8) is 0 Å². The predicted octanol–water partition coefficient (Wildman–Crippen LogP) is 1.92. The van der Waals surface area contributed by atoms with Crippen LogP contribution in [-0.4, -0.2) is 58.5 Å². The highest BCUT2D eigenvalue weighted by molar-refractivity contribution is 7.89. The van der Waals surface area contributed by atoms with Crippen LogP contribution in [0.25, 0.3) is 0 Å². The van der Waals surface area contributed by atoms with Gasteiger partial charge < -0.3 is 15.0 Å². The number of hydrogen-bond acceptors (Lipinski definition) is 5. The topological polar surface area (TPSA) is 79.0 Å². The minimum atomic E-state index is -3.78. The van der Waals surface area contributed by atoms with E-state index in [0.717, 1.165) is 4.31 Å². The Kier molecular flexibility index (Phi) is 6.28. The molecule has 1 heterocycles. The number of hydrogen-bond donors (Lipinski definition) is 1. The molecule has 0 unspecified atom stereocenters. The van der Waals surface area contributed by atoms with Gasteiger partial charge in [-0.05, 0) is 30.3 Å². The maximum absolute atomic E-state index is 14.4. The highest BCUT2D eigenvalue weighted by Gasteiger charge is 2.23. The van der Waals surface area contributed by atoms with Crippen LogP contribution < -0.4 is 10.2 Å². The minimum absolute atomic E-state index is 0.103. The van der Waals surface area contributed by atoms with Gasteiger partial charge in [0.15, 0.2) is 0 Å². The number of sulfonamides is 1. The second-order valence-electron chi connectivity index (χ2n) is 6.39. The number of morpholine rings is 1. The molecule has 7 nitrogen and oxygen atoms in total. The van der Waals surface area contributed by atoms with Crippen LogP contribution in [0.5, 0.6) is 0 Å². The standard InChI is InChI=1S/C19H22FN3O4S/c1-22(28(25,26)16-5-3-2-4-6-16)14-19(24)21-15-7-8-18(17(20)13-15)23-9-11-27-12-10-23/h2-8,13H,9-12,14H2,1H3,(H,21,24). The molecule has 0 spiro atoms. The molecule has 2 aromatic carbocycles.